The molecule has 1 atom stereocenters. The van der Waals surface area contributed by atoms with Crippen molar-refractivity contribution in [2.24, 2.45) is 0 Å². The number of hydrogen-bond acceptors (Lipinski definition) is 6. The van der Waals surface area contributed by atoms with Crippen molar-refractivity contribution in [1.82, 2.24) is 0 Å². The molecule has 0 heterocycles. The van der Waals surface area contributed by atoms with Crippen molar-refractivity contribution in [2.45, 2.75) is 59.4 Å². The highest BCUT2D eigenvalue weighted by Gasteiger charge is 2.30. The zero-order chi connectivity index (χ0) is 19.2. The van der Waals surface area contributed by atoms with Crippen molar-refractivity contribution in [3.8, 4) is 0 Å². The highest BCUT2D eigenvalue weighted by Crippen LogP contribution is 2.32. The number of ether oxygens (including phenoxy) is 2. The van der Waals surface area contributed by atoms with E-state index in [0.717, 1.165) is 11.1 Å². The van der Waals surface area contributed by atoms with E-state index in [0.29, 0.717) is 0 Å². The fourth-order valence-electron chi connectivity index (χ4n) is 2.17. The van der Waals surface area contributed by atoms with Crippen LogP contribution in [-0.4, -0.2) is 18.4 Å². The van der Waals surface area contributed by atoms with Crippen molar-refractivity contribution < 1.29 is 28.8 Å². The predicted octanol–water partition coefficient (Wildman–Crippen LogP) is 4.60. The fraction of sp³-hybridized carbons (Fsp3) is 0.474. The summed E-state index contributed by atoms with van der Waals surface area (Å²) in [4.78, 5) is 32.4. The predicted molar refractivity (Wildman–Crippen MR) is 92.6 cm³/mol. The molecule has 6 heteroatoms. The normalized spacial score (nSPS) is 12.4. The Hall–Kier alpha value is -2.34. The van der Waals surface area contributed by atoms with E-state index >= 15 is 0 Å². The van der Waals surface area contributed by atoms with E-state index in [9.17, 15) is 9.59 Å². The van der Waals surface area contributed by atoms with Gasteiger partial charge in [0.2, 0.25) is 6.29 Å². The largest absolute Gasteiger partial charge is 0.511 e. The summed E-state index contributed by atoms with van der Waals surface area (Å²) in [6, 6.07) is 7.75. The number of hydrogen-bond donors (Lipinski definition) is 0. The second-order valence-electron chi connectivity index (χ2n) is 6.54. The topological polar surface area (TPSA) is 71.1 Å². The third-order valence-electron chi connectivity index (χ3n) is 3.44. The van der Waals surface area contributed by atoms with Crippen molar-refractivity contribution in [1.29, 1.82) is 0 Å². The van der Waals surface area contributed by atoms with Crippen LogP contribution in [-0.2, 0) is 29.6 Å². The van der Waals surface area contributed by atoms with Crippen LogP contribution in [0.25, 0.3) is 0 Å². The van der Waals surface area contributed by atoms with Crippen LogP contribution in [0.2, 0.25) is 0 Å². The first-order valence-electron chi connectivity index (χ1n) is 8.06. The van der Waals surface area contributed by atoms with Crippen LogP contribution in [0.5, 0.6) is 0 Å². The number of benzene rings is 1. The fourth-order valence-corrected chi connectivity index (χ4v) is 2.17. The minimum Gasteiger partial charge on any atom is -0.423 e. The van der Waals surface area contributed by atoms with Crippen LogP contribution in [0.15, 0.2) is 36.4 Å². The van der Waals surface area contributed by atoms with E-state index in [-0.39, 0.29) is 11.5 Å². The van der Waals surface area contributed by atoms with Gasteiger partial charge in [-0.2, -0.15) is 0 Å². The summed E-state index contributed by atoms with van der Waals surface area (Å²) in [6.07, 6.45) is -2.05. The van der Waals surface area contributed by atoms with Gasteiger partial charge < -0.3 is 9.47 Å². The first-order chi connectivity index (χ1) is 11.5. The second-order valence-corrected chi connectivity index (χ2v) is 6.54. The van der Waals surface area contributed by atoms with Gasteiger partial charge in [0, 0.05) is 12.5 Å². The highest BCUT2D eigenvalue weighted by atomic mass is 17.2. The number of rotatable bonds is 7. The molecule has 1 aromatic rings. The van der Waals surface area contributed by atoms with Crippen molar-refractivity contribution >= 4 is 12.1 Å². The molecule has 0 aliphatic rings. The van der Waals surface area contributed by atoms with Gasteiger partial charge in [-0.05, 0) is 37.8 Å². The van der Waals surface area contributed by atoms with Gasteiger partial charge in [0.05, 0.1) is 0 Å². The van der Waals surface area contributed by atoms with Crippen LogP contribution >= 0.6 is 0 Å². The molecule has 0 fully saturated rings. The molecule has 0 aromatic heterocycles. The summed E-state index contributed by atoms with van der Waals surface area (Å²) in [5.74, 6) is -0.464. The quantitative estimate of drug-likeness (QED) is 0.235. The smallest absolute Gasteiger partial charge is 0.423 e. The summed E-state index contributed by atoms with van der Waals surface area (Å²) in [6.45, 7) is 14.0. The molecule has 6 nitrogen and oxygen atoms in total. The molecule has 0 radical (unpaired) electrons. The van der Waals surface area contributed by atoms with Crippen molar-refractivity contribution in [2.75, 3.05) is 0 Å². The monoisotopic (exact) mass is 350 g/mol. The molecule has 1 aromatic carbocycles. The molecule has 0 N–H and O–H groups in total. The van der Waals surface area contributed by atoms with Crippen LogP contribution in [0.4, 0.5) is 4.79 Å². The summed E-state index contributed by atoms with van der Waals surface area (Å²) in [5, 5.41) is 0. The molecule has 1 rings (SSSR count). The summed E-state index contributed by atoms with van der Waals surface area (Å²) < 4.78 is 10.4. The lowest BCUT2D eigenvalue weighted by molar-refractivity contribution is -0.336. The molecular weight excluding hydrogens is 324 g/mol. The molecule has 0 saturated carbocycles. The first kappa shape index (κ1) is 20.7. The Morgan fingerprint density at radius 2 is 1.72 bits per heavy atom. The van der Waals surface area contributed by atoms with Crippen LogP contribution < -0.4 is 0 Å². The van der Waals surface area contributed by atoms with E-state index < -0.39 is 24.0 Å². The Morgan fingerprint density at radius 3 is 2.28 bits per heavy atom. The van der Waals surface area contributed by atoms with Gasteiger partial charge in [-0.1, -0.05) is 44.7 Å². The highest BCUT2D eigenvalue weighted by molar-refractivity contribution is 5.86. The van der Waals surface area contributed by atoms with Crippen molar-refractivity contribution in [3.05, 3.63) is 47.5 Å². The molecule has 1 unspecified atom stereocenters. The second kappa shape index (κ2) is 8.67. The van der Waals surface area contributed by atoms with Gasteiger partial charge >= 0.3 is 12.1 Å². The van der Waals surface area contributed by atoms with Gasteiger partial charge in [0.25, 0.3) is 0 Å². The minimum absolute atomic E-state index is 0.168. The van der Waals surface area contributed by atoms with Crippen LogP contribution in [0, 0.1) is 0 Å². The third-order valence-corrected chi connectivity index (χ3v) is 3.44. The molecule has 0 aliphatic carbocycles. The molecule has 0 spiro atoms. The Morgan fingerprint density at radius 1 is 1.12 bits per heavy atom. The molecule has 25 heavy (non-hydrogen) atoms. The van der Waals surface area contributed by atoms with E-state index in [2.05, 4.69) is 30.2 Å². The number of carbonyl (C=O) groups excluding carboxylic acids is 2. The summed E-state index contributed by atoms with van der Waals surface area (Å²) in [7, 11) is 0. The van der Waals surface area contributed by atoms with E-state index in [1.807, 2.05) is 24.3 Å². The van der Waals surface area contributed by atoms with Crippen LogP contribution in [0.3, 0.4) is 0 Å². The summed E-state index contributed by atoms with van der Waals surface area (Å²) in [5.41, 5.74) is 1.25. The van der Waals surface area contributed by atoms with Gasteiger partial charge in [0.15, 0.2) is 0 Å². The first-order valence-corrected chi connectivity index (χ1v) is 8.06. The Labute approximate surface area is 148 Å². The maximum absolute atomic E-state index is 12.0. The molecule has 138 valence electrons. The number of carbonyl (C=O) groups is 2. The zero-order valence-electron chi connectivity index (χ0n) is 15.6. The Balaban J connectivity index is 2.69. The van der Waals surface area contributed by atoms with Gasteiger partial charge in [-0.15, -0.1) is 4.89 Å². The van der Waals surface area contributed by atoms with E-state index in [4.69, 9.17) is 9.47 Å². The van der Waals surface area contributed by atoms with E-state index in [1.165, 1.54) is 13.8 Å². The van der Waals surface area contributed by atoms with Gasteiger partial charge in [0.1, 0.15) is 5.60 Å². The maximum Gasteiger partial charge on any atom is 0.511 e. The molecule has 0 saturated heterocycles. The maximum atomic E-state index is 12.0. The molecule has 0 amide bonds. The van der Waals surface area contributed by atoms with Gasteiger partial charge in [-0.25, -0.2) is 9.59 Å². The summed E-state index contributed by atoms with van der Waals surface area (Å²) >= 11 is 0. The van der Waals surface area contributed by atoms with Crippen molar-refractivity contribution in [3.63, 3.8) is 0 Å². The van der Waals surface area contributed by atoms with Crippen LogP contribution in [0.1, 0.15) is 58.6 Å². The lowest BCUT2D eigenvalue weighted by Crippen LogP contribution is -2.30. The minimum atomic E-state index is -1.12. The average molecular weight is 350 g/mol. The lowest BCUT2D eigenvalue weighted by Gasteiger charge is -2.29. The third kappa shape index (κ3) is 6.23. The lowest BCUT2D eigenvalue weighted by atomic mass is 9.88. The molecule has 0 bridgehead atoms. The zero-order valence-corrected chi connectivity index (χ0v) is 15.6. The Bertz CT molecular complexity index is 633. The van der Waals surface area contributed by atoms with E-state index in [1.54, 1.807) is 13.8 Å². The standard InChI is InChI=1S/C19H26O6/c1-12(2)15-10-8-9-11-16(15)19(6,7)23-18(21)22-14(5)24-25-17(20)13(3)4/h8-12,14H,3H2,1-2,4-7H3. The molecule has 0 aliphatic heterocycles. The Kier molecular flexibility index (Phi) is 7.18. The SMILES string of the molecule is C=C(C)C(=O)OOC(C)OC(=O)OC(C)(C)c1ccccc1C(C)C. The molecular formula is C19H26O6. The van der Waals surface area contributed by atoms with Gasteiger partial charge in [-0.3, -0.25) is 4.89 Å². The average Bonchev–Trinajstić information content (AvgIpc) is 2.51.